The van der Waals surface area contributed by atoms with Gasteiger partial charge in [0.2, 0.25) is 5.91 Å². The number of anilines is 1. The molecule has 3 aromatic rings. The molecule has 0 radical (unpaired) electrons. The molecule has 1 N–H and O–H groups in total. The standard InChI is InChI=1S/C23H26F3N5O4/c1-15(16-3-5-19(6-4-16)35-23(24,25)26)27-21(32)14-31-22(33)30-12-7-17(13-20(30)28-31)29-10-8-18(34-2)9-11-29/h3-7,12-13,15,18H,8-11,14H2,1-2H3,(H,27,32)/t15-/m0/s1. The fourth-order valence-electron chi connectivity index (χ4n) is 4.12. The molecule has 2 aromatic heterocycles. The van der Waals surface area contributed by atoms with Gasteiger partial charge in [-0.2, -0.15) is 0 Å². The first-order valence-corrected chi connectivity index (χ1v) is 11.1. The van der Waals surface area contributed by atoms with Gasteiger partial charge < -0.3 is 19.7 Å². The van der Waals surface area contributed by atoms with Gasteiger partial charge >= 0.3 is 12.1 Å². The fourth-order valence-corrected chi connectivity index (χ4v) is 4.12. The second kappa shape index (κ2) is 9.98. The summed E-state index contributed by atoms with van der Waals surface area (Å²) in [6, 6.07) is 8.37. The normalized spacial score (nSPS) is 15.9. The van der Waals surface area contributed by atoms with Crippen molar-refractivity contribution >= 4 is 17.2 Å². The molecule has 35 heavy (non-hydrogen) atoms. The molecule has 4 rings (SSSR count). The zero-order chi connectivity index (χ0) is 25.2. The number of pyridine rings is 1. The first-order valence-electron chi connectivity index (χ1n) is 11.1. The quantitative estimate of drug-likeness (QED) is 0.545. The first kappa shape index (κ1) is 24.6. The number of benzene rings is 1. The van der Waals surface area contributed by atoms with E-state index >= 15 is 0 Å². The number of nitrogens with zero attached hydrogens (tertiary/aromatic N) is 4. The van der Waals surface area contributed by atoms with Gasteiger partial charge in [0.1, 0.15) is 12.3 Å². The number of aromatic nitrogens is 3. The van der Waals surface area contributed by atoms with Crippen LogP contribution < -0.4 is 20.6 Å². The number of piperidine rings is 1. The van der Waals surface area contributed by atoms with Gasteiger partial charge in [-0.1, -0.05) is 12.1 Å². The van der Waals surface area contributed by atoms with Gasteiger partial charge in [-0.05, 0) is 43.5 Å². The lowest BCUT2D eigenvalue weighted by Gasteiger charge is -2.32. The predicted molar refractivity (Wildman–Crippen MR) is 121 cm³/mol. The molecule has 1 aromatic carbocycles. The number of ether oxygens (including phenoxy) is 2. The highest BCUT2D eigenvalue weighted by Gasteiger charge is 2.31. The van der Waals surface area contributed by atoms with Gasteiger partial charge in [0, 0.05) is 38.1 Å². The summed E-state index contributed by atoms with van der Waals surface area (Å²) < 4.78 is 48.7. The van der Waals surface area contributed by atoms with E-state index in [2.05, 4.69) is 20.1 Å². The van der Waals surface area contributed by atoms with E-state index in [1.165, 1.54) is 28.7 Å². The van der Waals surface area contributed by atoms with Crippen molar-refractivity contribution in [3.05, 3.63) is 58.6 Å². The Kier molecular flexibility index (Phi) is 7.01. The number of fused-ring (bicyclic) bond motifs is 1. The van der Waals surface area contributed by atoms with Crippen LogP contribution in [-0.2, 0) is 16.1 Å². The maximum Gasteiger partial charge on any atom is 0.573 e. The van der Waals surface area contributed by atoms with Crippen LogP contribution in [0.5, 0.6) is 5.75 Å². The lowest BCUT2D eigenvalue weighted by atomic mass is 10.1. The molecule has 0 saturated carbocycles. The Labute approximate surface area is 199 Å². The number of methoxy groups -OCH3 is 1. The smallest absolute Gasteiger partial charge is 0.406 e. The van der Waals surface area contributed by atoms with E-state index in [1.54, 1.807) is 20.2 Å². The number of rotatable bonds is 7. The minimum atomic E-state index is -4.77. The largest absolute Gasteiger partial charge is 0.573 e. The number of halogens is 3. The average Bonchev–Trinajstić information content (AvgIpc) is 3.12. The van der Waals surface area contributed by atoms with Crippen LogP contribution in [0.25, 0.3) is 5.65 Å². The van der Waals surface area contributed by atoms with Gasteiger partial charge in [0.05, 0.1) is 12.1 Å². The summed E-state index contributed by atoms with van der Waals surface area (Å²) in [5.74, 6) is -0.807. The minimum Gasteiger partial charge on any atom is -0.406 e. The minimum absolute atomic E-state index is 0.254. The zero-order valence-electron chi connectivity index (χ0n) is 19.3. The number of nitrogens with one attached hydrogen (secondary N) is 1. The van der Waals surface area contributed by atoms with Gasteiger partial charge in [0.25, 0.3) is 0 Å². The average molecular weight is 493 g/mol. The fraction of sp³-hybridized carbons (Fsp3) is 0.435. The molecule has 1 atom stereocenters. The summed E-state index contributed by atoms with van der Waals surface area (Å²) in [6.45, 7) is 3.06. The number of hydrogen-bond acceptors (Lipinski definition) is 6. The van der Waals surface area contributed by atoms with Crippen molar-refractivity contribution in [1.82, 2.24) is 19.5 Å². The Hall–Kier alpha value is -3.54. The first-order chi connectivity index (χ1) is 16.6. The molecule has 188 valence electrons. The monoisotopic (exact) mass is 493 g/mol. The van der Waals surface area contributed by atoms with E-state index in [0.717, 1.165) is 36.3 Å². The van der Waals surface area contributed by atoms with Crippen LogP contribution in [0.15, 0.2) is 47.4 Å². The van der Waals surface area contributed by atoms with Crippen LogP contribution in [0, 0.1) is 0 Å². The Morgan fingerprint density at radius 1 is 1.20 bits per heavy atom. The van der Waals surface area contributed by atoms with Crippen LogP contribution in [-0.4, -0.2) is 52.8 Å². The molecule has 1 amide bonds. The summed E-state index contributed by atoms with van der Waals surface area (Å²) in [5, 5.41) is 7.02. The SMILES string of the molecule is COC1CCN(c2ccn3c(=O)n(CC(=O)N[C@@H](C)c4ccc(OC(F)(F)F)cc4)nc3c2)CC1. The molecule has 3 heterocycles. The van der Waals surface area contributed by atoms with Crippen molar-refractivity contribution in [3.63, 3.8) is 0 Å². The zero-order valence-corrected chi connectivity index (χ0v) is 19.3. The van der Waals surface area contributed by atoms with Gasteiger partial charge in [-0.15, -0.1) is 18.3 Å². The number of carbonyl (C=O) groups is 1. The summed E-state index contributed by atoms with van der Waals surface area (Å²) in [5.41, 5.74) is 1.51. The van der Waals surface area contributed by atoms with Crippen LogP contribution in [0.1, 0.15) is 31.4 Å². The molecule has 12 heteroatoms. The van der Waals surface area contributed by atoms with Gasteiger partial charge in [-0.25, -0.2) is 9.48 Å². The van der Waals surface area contributed by atoms with Gasteiger partial charge in [-0.3, -0.25) is 9.20 Å². The molecule has 1 saturated heterocycles. The van der Waals surface area contributed by atoms with Crippen molar-refractivity contribution in [1.29, 1.82) is 0 Å². The molecule has 0 unspecified atom stereocenters. The van der Waals surface area contributed by atoms with E-state index < -0.39 is 24.0 Å². The molecule has 0 spiro atoms. The third-order valence-electron chi connectivity index (χ3n) is 5.99. The van der Waals surface area contributed by atoms with Crippen LogP contribution in [0.4, 0.5) is 18.9 Å². The highest BCUT2D eigenvalue weighted by molar-refractivity contribution is 5.76. The second-order valence-electron chi connectivity index (χ2n) is 8.38. The van der Waals surface area contributed by atoms with Crippen molar-refractivity contribution < 1.29 is 27.4 Å². The summed E-state index contributed by atoms with van der Waals surface area (Å²) in [7, 11) is 1.71. The third-order valence-corrected chi connectivity index (χ3v) is 5.99. The predicted octanol–water partition coefficient (Wildman–Crippen LogP) is 2.89. The van der Waals surface area contributed by atoms with E-state index in [-0.39, 0.29) is 18.4 Å². The van der Waals surface area contributed by atoms with Crippen LogP contribution in [0.3, 0.4) is 0 Å². The van der Waals surface area contributed by atoms with E-state index in [9.17, 15) is 22.8 Å². The van der Waals surface area contributed by atoms with Gasteiger partial charge in [0.15, 0.2) is 5.65 Å². The molecule has 1 aliphatic heterocycles. The van der Waals surface area contributed by atoms with Crippen molar-refractivity contribution in [2.45, 2.75) is 44.8 Å². The third kappa shape index (κ3) is 5.94. The maximum absolute atomic E-state index is 12.7. The summed E-state index contributed by atoms with van der Waals surface area (Å²) in [6.07, 6.45) is -1.04. The summed E-state index contributed by atoms with van der Waals surface area (Å²) >= 11 is 0. The number of carbonyl (C=O) groups excluding carboxylic acids is 1. The van der Waals surface area contributed by atoms with Crippen molar-refractivity contribution in [2.75, 3.05) is 25.1 Å². The molecular weight excluding hydrogens is 467 g/mol. The van der Waals surface area contributed by atoms with Crippen molar-refractivity contribution in [2.24, 2.45) is 0 Å². The molecular formula is C23H26F3N5O4. The summed E-state index contributed by atoms with van der Waals surface area (Å²) in [4.78, 5) is 27.4. The lowest BCUT2D eigenvalue weighted by molar-refractivity contribution is -0.274. The molecule has 0 bridgehead atoms. The highest BCUT2D eigenvalue weighted by Crippen LogP contribution is 2.24. The second-order valence-corrected chi connectivity index (χ2v) is 8.38. The van der Waals surface area contributed by atoms with E-state index in [4.69, 9.17) is 4.74 Å². The maximum atomic E-state index is 12.7. The highest BCUT2D eigenvalue weighted by atomic mass is 19.4. The molecule has 0 aliphatic carbocycles. The number of amides is 1. The Balaban J connectivity index is 1.40. The molecule has 9 nitrogen and oxygen atoms in total. The Morgan fingerprint density at radius 3 is 2.51 bits per heavy atom. The number of alkyl halides is 3. The van der Waals surface area contributed by atoms with E-state index in [1.807, 2.05) is 12.1 Å². The van der Waals surface area contributed by atoms with E-state index in [0.29, 0.717) is 11.2 Å². The number of hydrogen-bond donors (Lipinski definition) is 1. The Morgan fingerprint density at radius 2 is 1.89 bits per heavy atom. The Bertz CT molecular complexity index is 1230. The van der Waals surface area contributed by atoms with Crippen molar-refractivity contribution in [3.8, 4) is 5.75 Å². The topological polar surface area (TPSA) is 90.1 Å². The van der Waals surface area contributed by atoms with Crippen LogP contribution >= 0.6 is 0 Å². The lowest BCUT2D eigenvalue weighted by Crippen LogP contribution is -2.36. The molecule has 1 aliphatic rings. The molecule has 1 fully saturated rings. The van der Waals surface area contributed by atoms with Crippen LogP contribution in [0.2, 0.25) is 0 Å².